The molecule has 2 aromatic carbocycles. The molecule has 2 aliphatic heterocycles. The summed E-state index contributed by atoms with van der Waals surface area (Å²) in [6.07, 6.45) is 7.28. The van der Waals surface area contributed by atoms with Crippen LogP contribution < -0.4 is 4.90 Å². The highest BCUT2D eigenvalue weighted by atomic mass is 16.2. The second-order valence-corrected chi connectivity index (χ2v) is 9.18. The van der Waals surface area contributed by atoms with Crippen LogP contribution in [0, 0.1) is 13.8 Å². The molecule has 3 aliphatic rings. The zero-order valence-electron chi connectivity index (χ0n) is 18.5. The Labute approximate surface area is 184 Å². The first-order chi connectivity index (χ1) is 15.1. The molecule has 1 saturated carbocycles. The smallest absolute Gasteiger partial charge is 0.278 e. The molecule has 0 atom stereocenters. The first-order valence-electron chi connectivity index (χ1n) is 11.6. The van der Waals surface area contributed by atoms with Gasteiger partial charge in [-0.15, -0.1) is 0 Å². The maximum Gasteiger partial charge on any atom is 0.278 e. The van der Waals surface area contributed by atoms with E-state index in [1.54, 1.807) is 4.90 Å². The molecule has 5 rings (SSSR count). The summed E-state index contributed by atoms with van der Waals surface area (Å²) in [5.74, 6) is -0.221. The van der Waals surface area contributed by atoms with Crippen LogP contribution in [-0.2, 0) is 16.0 Å². The Hall–Kier alpha value is -2.88. The van der Waals surface area contributed by atoms with Crippen LogP contribution in [0.2, 0.25) is 0 Å². The fourth-order valence-corrected chi connectivity index (χ4v) is 5.36. The normalized spacial score (nSPS) is 19.9. The average Bonchev–Trinajstić information content (AvgIpc) is 3.15. The summed E-state index contributed by atoms with van der Waals surface area (Å²) in [4.78, 5) is 31.4. The average molecular weight is 415 g/mol. The molecule has 0 saturated heterocycles. The molecule has 160 valence electrons. The van der Waals surface area contributed by atoms with Gasteiger partial charge in [-0.05, 0) is 61.4 Å². The SMILES string of the molecule is Cc1ccc(C2=C(N3CCc4ccccc43)C(=O)N(C3CCCCCC3)C2=O)cc1C. The fourth-order valence-electron chi connectivity index (χ4n) is 5.36. The molecule has 2 aromatic rings. The van der Waals surface area contributed by atoms with Crippen LogP contribution >= 0.6 is 0 Å². The van der Waals surface area contributed by atoms with E-state index in [1.165, 1.54) is 24.0 Å². The molecule has 0 N–H and O–H groups in total. The summed E-state index contributed by atoms with van der Waals surface area (Å²) >= 11 is 0. The van der Waals surface area contributed by atoms with Crippen molar-refractivity contribution in [2.45, 2.75) is 64.8 Å². The number of para-hydroxylation sites is 1. The predicted molar refractivity (Wildman–Crippen MR) is 124 cm³/mol. The molecule has 2 heterocycles. The first-order valence-corrected chi connectivity index (χ1v) is 11.6. The Bertz CT molecular complexity index is 1080. The lowest BCUT2D eigenvalue weighted by Gasteiger charge is -2.27. The van der Waals surface area contributed by atoms with Crippen LogP contribution in [0.4, 0.5) is 5.69 Å². The van der Waals surface area contributed by atoms with E-state index in [0.29, 0.717) is 11.3 Å². The first kappa shape index (κ1) is 20.0. The predicted octanol–water partition coefficient (Wildman–Crippen LogP) is 5.17. The Morgan fingerprint density at radius 3 is 2.32 bits per heavy atom. The number of aryl methyl sites for hydroxylation is 2. The lowest BCUT2D eigenvalue weighted by atomic mass is 9.99. The lowest BCUT2D eigenvalue weighted by molar-refractivity contribution is -0.139. The number of carbonyl (C=O) groups excluding carboxylic acids is 2. The van der Waals surface area contributed by atoms with Gasteiger partial charge in [0, 0.05) is 18.3 Å². The Kier molecular flexibility index (Phi) is 5.17. The van der Waals surface area contributed by atoms with E-state index < -0.39 is 0 Å². The van der Waals surface area contributed by atoms with Crippen molar-refractivity contribution >= 4 is 23.1 Å². The van der Waals surface area contributed by atoms with Crippen LogP contribution in [0.1, 0.15) is 60.8 Å². The van der Waals surface area contributed by atoms with Gasteiger partial charge in [0.05, 0.1) is 5.57 Å². The molecule has 0 radical (unpaired) electrons. The Balaban J connectivity index is 1.63. The number of benzene rings is 2. The van der Waals surface area contributed by atoms with Crippen molar-refractivity contribution < 1.29 is 9.59 Å². The summed E-state index contributed by atoms with van der Waals surface area (Å²) in [6, 6.07) is 14.4. The number of fused-ring (bicyclic) bond motifs is 1. The molecule has 2 amide bonds. The topological polar surface area (TPSA) is 40.6 Å². The van der Waals surface area contributed by atoms with Crippen LogP contribution in [-0.4, -0.2) is 29.3 Å². The van der Waals surface area contributed by atoms with E-state index in [0.717, 1.165) is 55.5 Å². The van der Waals surface area contributed by atoms with E-state index in [2.05, 4.69) is 43.0 Å². The fraction of sp³-hybridized carbons (Fsp3) is 0.407. The third-order valence-electron chi connectivity index (χ3n) is 7.23. The summed E-state index contributed by atoms with van der Waals surface area (Å²) in [5.41, 5.74) is 6.63. The molecule has 0 spiro atoms. The van der Waals surface area contributed by atoms with E-state index in [-0.39, 0.29) is 17.9 Å². The van der Waals surface area contributed by atoms with E-state index >= 15 is 0 Å². The maximum atomic E-state index is 13.9. The summed E-state index contributed by atoms with van der Waals surface area (Å²) in [5, 5.41) is 0. The molecule has 4 heteroatoms. The number of amides is 2. The third-order valence-corrected chi connectivity index (χ3v) is 7.23. The second-order valence-electron chi connectivity index (χ2n) is 9.18. The Morgan fingerprint density at radius 1 is 0.839 bits per heavy atom. The number of carbonyl (C=O) groups is 2. The van der Waals surface area contributed by atoms with Crippen LogP contribution in [0.25, 0.3) is 5.57 Å². The molecule has 0 aromatic heterocycles. The van der Waals surface area contributed by atoms with Crippen molar-refractivity contribution in [3.63, 3.8) is 0 Å². The van der Waals surface area contributed by atoms with E-state index in [9.17, 15) is 9.59 Å². The maximum absolute atomic E-state index is 13.9. The molecule has 0 bridgehead atoms. The van der Waals surface area contributed by atoms with Gasteiger partial charge in [0.2, 0.25) is 0 Å². The van der Waals surface area contributed by atoms with Gasteiger partial charge >= 0.3 is 0 Å². The molecular weight excluding hydrogens is 384 g/mol. The molecule has 1 aliphatic carbocycles. The van der Waals surface area contributed by atoms with Crippen molar-refractivity contribution in [2.24, 2.45) is 0 Å². The number of anilines is 1. The molecular formula is C27H30N2O2. The van der Waals surface area contributed by atoms with Gasteiger partial charge in [0.1, 0.15) is 5.70 Å². The minimum absolute atomic E-state index is 0.0133. The van der Waals surface area contributed by atoms with Crippen LogP contribution in [0.15, 0.2) is 48.2 Å². The van der Waals surface area contributed by atoms with E-state index in [4.69, 9.17) is 0 Å². The van der Waals surface area contributed by atoms with Crippen molar-refractivity contribution in [3.05, 3.63) is 70.4 Å². The zero-order chi connectivity index (χ0) is 21.5. The van der Waals surface area contributed by atoms with Gasteiger partial charge < -0.3 is 4.90 Å². The number of imide groups is 1. The van der Waals surface area contributed by atoms with Crippen LogP contribution in [0.3, 0.4) is 0 Å². The third kappa shape index (κ3) is 3.38. The van der Waals surface area contributed by atoms with Crippen molar-refractivity contribution in [2.75, 3.05) is 11.4 Å². The second kappa shape index (κ2) is 7.99. The minimum Gasteiger partial charge on any atom is -0.336 e. The number of hydrogen-bond acceptors (Lipinski definition) is 3. The Morgan fingerprint density at radius 2 is 1.58 bits per heavy atom. The zero-order valence-corrected chi connectivity index (χ0v) is 18.5. The molecule has 0 unspecified atom stereocenters. The standard InChI is InChI=1S/C27H30N2O2/c1-18-13-14-21(17-19(18)2)24-25(28-16-15-20-9-7-8-12-23(20)28)27(31)29(26(24)30)22-10-5-3-4-6-11-22/h7-9,12-14,17,22H,3-6,10-11,15-16H2,1-2H3. The van der Waals surface area contributed by atoms with Gasteiger partial charge in [0.15, 0.2) is 0 Å². The van der Waals surface area contributed by atoms with E-state index in [1.807, 2.05) is 18.2 Å². The number of hydrogen-bond donors (Lipinski definition) is 0. The van der Waals surface area contributed by atoms with Crippen LogP contribution in [0.5, 0.6) is 0 Å². The largest absolute Gasteiger partial charge is 0.336 e. The summed E-state index contributed by atoms with van der Waals surface area (Å²) < 4.78 is 0. The minimum atomic E-state index is -0.112. The van der Waals surface area contributed by atoms with Gasteiger partial charge in [-0.3, -0.25) is 14.5 Å². The monoisotopic (exact) mass is 414 g/mol. The highest BCUT2D eigenvalue weighted by molar-refractivity contribution is 6.37. The van der Waals surface area contributed by atoms with Crippen molar-refractivity contribution in [1.29, 1.82) is 0 Å². The van der Waals surface area contributed by atoms with Crippen molar-refractivity contribution in [1.82, 2.24) is 4.90 Å². The van der Waals surface area contributed by atoms with Gasteiger partial charge in [-0.1, -0.05) is 62.1 Å². The molecule has 4 nitrogen and oxygen atoms in total. The molecule has 31 heavy (non-hydrogen) atoms. The van der Waals surface area contributed by atoms with Crippen molar-refractivity contribution in [3.8, 4) is 0 Å². The summed E-state index contributed by atoms with van der Waals surface area (Å²) in [7, 11) is 0. The quantitative estimate of drug-likeness (QED) is 0.514. The molecule has 1 fully saturated rings. The van der Waals surface area contributed by atoms with Gasteiger partial charge in [0.25, 0.3) is 11.8 Å². The lowest BCUT2D eigenvalue weighted by Crippen LogP contribution is -2.42. The van der Waals surface area contributed by atoms with Gasteiger partial charge in [-0.2, -0.15) is 0 Å². The number of nitrogens with zero attached hydrogens (tertiary/aromatic N) is 2. The highest BCUT2D eigenvalue weighted by Gasteiger charge is 2.45. The van der Waals surface area contributed by atoms with Gasteiger partial charge in [-0.25, -0.2) is 0 Å². The highest BCUT2D eigenvalue weighted by Crippen LogP contribution is 2.40. The summed E-state index contributed by atoms with van der Waals surface area (Å²) in [6.45, 7) is 4.87. The number of rotatable bonds is 3.